The number of carbonyl (C=O) groups is 1. The first-order valence-electron chi connectivity index (χ1n) is 13.4. The first kappa shape index (κ1) is 28.5. The van der Waals surface area contributed by atoms with Crippen LogP contribution in [0.1, 0.15) is 19.4 Å². The van der Waals surface area contributed by atoms with E-state index in [9.17, 15) is 13.2 Å². The molecule has 1 fully saturated rings. The first-order valence-corrected chi connectivity index (χ1v) is 15.7. The van der Waals surface area contributed by atoms with Crippen LogP contribution in [0.15, 0.2) is 58.0 Å². The maximum Gasteiger partial charge on any atom is 0.231 e. The molecule has 0 radical (unpaired) electrons. The third-order valence-electron chi connectivity index (χ3n) is 7.32. The number of nitrogens with one attached hydrogen (secondary N) is 2. The van der Waals surface area contributed by atoms with E-state index in [1.807, 2.05) is 23.1 Å². The summed E-state index contributed by atoms with van der Waals surface area (Å²) in [6, 6.07) is 12.6. The summed E-state index contributed by atoms with van der Waals surface area (Å²) in [7, 11) is -1.36. The van der Waals surface area contributed by atoms with E-state index in [0.717, 1.165) is 49.7 Å². The largest absolute Gasteiger partial charge is 0.338 e. The van der Waals surface area contributed by atoms with Gasteiger partial charge in [0.2, 0.25) is 11.9 Å². The Kier molecular flexibility index (Phi) is 8.41. The molecule has 1 aromatic heterocycles. The number of likely N-dealkylation sites (N-methyl/N-ethyl adjacent to an activating group) is 1. The third-order valence-corrected chi connectivity index (χ3v) is 10.1. The monoisotopic (exact) mass is 627 g/mol. The molecular formula is C28H34BrN7O3S. The molecule has 0 atom stereocenters. The van der Waals surface area contributed by atoms with Crippen LogP contribution in [0.4, 0.5) is 28.8 Å². The molecular weight excluding hydrogens is 594 g/mol. The Hall–Kier alpha value is -3.06. The van der Waals surface area contributed by atoms with Crippen LogP contribution in [0.3, 0.4) is 0 Å². The molecule has 2 N–H and O–H groups in total. The van der Waals surface area contributed by atoms with E-state index < -0.39 is 15.1 Å². The number of halogens is 1. The predicted octanol–water partition coefficient (Wildman–Crippen LogP) is 4.04. The van der Waals surface area contributed by atoms with Gasteiger partial charge in [0.15, 0.2) is 9.84 Å². The van der Waals surface area contributed by atoms with E-state index in [0.29, 0.717) is 34.9 Å². The molecule has 1 amide bonds. The van der Waals surface area contributed by atoms with E-state index >= 15 is 0 Å². The molecule has 212 valence electrons. The van der Waals surface area contributed by atoms with Crippen LogP contribution in [0.2, 0.25) is 0 Å². The van der Waals surface area contributed by atoms with E-state index in [1.54, 1.807) is 44.3 Å². The van der Waals surface area contributed by atoms with Crippen LogP contribution in [0, 0.1) is 0 Å². The third kappa shape index (κ3) is 6.14. The van der Waals surface area contributed by atoms with Crippen molar-refractivity contribution in [2.75, 3.05) is 61.8 Å². The highest BCUT2D eigenvalue weighted by molar-refractivity contribution is 9.10. The van der Waals surface area contributed by atoms with Crippen molar-refractivity contribution < 1.29 is 13.2 Å². The Morgan fingerprint density at radius 1 is 1.02 bits per heavy atom. The van der Waals surface area contributed by atoms with Crippen molar-refractivity contribution in [1.82, 2.24) is 19.8 Å². The number of aromatic nitrogens is 2. The highest BCUT2D eigenvalue weighted by Crippen LogP contribution is 2.33. The Bertz CT molecular complexity index is 1510. The van der Waals surface area contributed by atoms with Gasteiger partial charge in [0.25, 0.3) is 0 Å². The van der Waals surface area contributed by atoms with Crippen LogP contribution in [-0.2, 0) is 21.1 Å². The minimum atomic E-state index is -3.50. The number of hydrogen-bond donors (Lipinski definition) is 2. The molecule has 2 aliphatic heterocycles. The summed E-state index contributed by atoms with van der Waals surface area (Å²) in [5, 5.41) is 5.81. The Labute approximate surface area is 243 Å². The lowest BCUT2D eigenvalue weighted by molar-refractivity contribution is -0.117. The second-order valence-electron chi connectivity index (χ2n) is 10.4. The molecule has 0 spiro atoms. The van der Waals surface area contributed by atoms with Crippen LogP contribution >= 0.6 is 15.9 Å². The molecule has 0 bridgehead atoms. The quantitative estimate of drug-likeness (QED) is 0.363. The summed E-state index contributed by atoms with van der Waals surface area (Å²) in [5.74, 6) is 0.879. The number of nitrogens with zero attached hydrogens (tertiary/aromatic N) is 5. The molecule has 12 heteroatoms. The van der Waals surface area contributed by atoms with Crippen LogP contribution in [-0.4, -0.2) is 85.7 Å². The van der Waals surface area contributed by atoms with E-state index in [2.05, 4.69) is 53.4 Å². The first-order chi connectivity index (χ1) is 19.1. The van der Waals surface area contributed by atoms with Gasteiger partial charge in [-0.1, -0.05) is 12.1 Å². The van der Waals surface area contributed by atoms with Crippen molar-refractivity contribution in [1.29, 1.82) is 0 Å². The molecule has 0 aliphatic carbocycles. The smallest absolute Gasteiger partial charge is 0.231 e. The average molecular weight is 629 g/mol. The number of rotatable bonds is 9. The number of hydrogen-bond acceptors (Lipinski definition) is 9. The normalized spacial score (nSPS) is 16.4. The van der Waals surface area contributed by atoms with Gasteiger partial charge in [-0.05, 0) is 72.7 Å². The zero-order valence-corrected chi connectivity index (χ0v) is 25.3. The molecule has 0 saturated carbocycles. The van der Waals surface area contributed by atoms with Gasteiger partial charge in [0.05, 0.1) is 26.7 Å². The molecule has 10 nitrogen and oxygen atoms in total. The number of fused-ring (bicyclic) bond motifs is 1. The zero-order valence-electron chi connectivity index (χ0n) is 22.9. The standard InChI is InChI=1S/C28H34BrN7O3S/c1-19(2)40(38,39)25-7-5-4-6-23(25)32-27-22(29)18-30-28(33-27)31-21-8-9-24-20(16-21)17-26(37)36(24)15-14-35-12-10-34(3)11-13-35/h4-9,16,18-19H,10-15,17H2,1-3H3,(H2,30,31,32,33). The second-order valence-corrected chi connectivity index (χ2v) is 13.8. The average Bonchev–Trinajstić information content (AvgIpc) is 3.24. The van der Waals surface area contributed by atoms with Gasteiger partial charge >= 0.3 is 0 Å². The molecule has 1 saturated heterocycles. The van der Waals surface area contributed by atoms with E-state index in [-0.39, 0.29) is 10.8 Å². The highest BCUT2D eigenvalue weighted by Gasteiger charge is 2.28. The fourth-order valence-electron chi connectivity index (χ4n) is 4.86. The lowest BCUT2D eigenvalue weighted by Gasteiger charge is -2.33. The summed E-state index contributed by atoms with van der Waals surface area (Å²) >= 11 is 3.46. The molecule has 2 aromatic carbocycles. The lowest BCUT2D eigenvalue weighted by Crippen LogP contribution is -2.47. The summed E-state index contributed by atoms with van der Waals surface area (Å²) in [6.45, 7) is 9.02. The Morgan fingerprint density at radius 3 is 2.52 bits per heavy atom. The molecule has 0 unspecified atom stereocenters. The Morgan fingerprint density at radius 2 is 1.77 bits per heavy atom. The molecule has 3 aromatic rings. The molecule has 3 heterocycles. The van der Waals surface area contributed by atoms with Crippen molar-refractivity contribution >= 4 is 60.5 Å². The summed E-state index contributed by atoms with van der Waals surface area (Å²) in [6.07, 6.45) is 1.97. The van der Waals surface area contributed by atoms with Crippen molar-refractivity contribution in [3.05, 3.63) is 58.7 Å². The van der Waals surface area contributed by atoms with E-state index in [1.165, 1.54) is 0 Å². The van der Waals surface area contributed by atoms with Gasteiger partial charge in [0.1, 0.15) is 5.82 Å². The van der Waals surface area contributed by atoms with E-state index in [4.69, 9.17) is 0 Å². The SMILES string of the molecule is CC(C)S(=O)(=O)c1ccccc1Nc1nc(Nc2ccc3c(c2)CC(=O)N3CCN2CCN(C)CC2)ncc1Br. The Balaban J connectivity index is 1.30. The second kappa shape index (κ2) is 11.8. The van der Waals surface area contributed by atoms with Crippen molar-refractivity contribution in [2.24, 2.45) is 0 Å². The van der Waals surface area contributed by atoms with Crippen LogP contribution in [0.25, 0.3) is 0 Å². The molecule has 5 rings (SSSR count). The maximum atomic E-state index is 12.9. The van der Waals surface area contributed by atoms with Gasteiger partial charge in [-0.3, -0.25) is 9.69 Å². The fraction of sp³-hybridized carbons (Fsp3) is 0.393. The molecule has 40 heavy (non-hydrogen) atoms. The summed E-state index contributed by atoms with van der Waals surface area (Å²) < 4.78 is 26.3. The number of anilines is 5. The minimum Gasteiger partial charge on any atom is -0.338 e. The number of piperazine rings is 1. The van der Waals surface area contributed by atoms with Gasteiger partial charge in [0, 0.05) is 56.8 Å². The van der Waals surface area contributed by atoms with Gasteiger partial charge in [-0.2, -0.15) is 4.98 Å². The topological polar surface area (TPSA) is 111 Å². The van der Waals surface area contributed by atoms with Crippen molar-refractivity contribution in [3.8, 4) is 0 Å². The summed E-state index contributed by atoms with van der Waals surface area (Å²) in [5.41, 5.74) is 3.13. The van der Waals surface area contributed by atoms with Crippen LogP contribution in [0.5, 0.6) is 0 Å². The van der Waals surface area contributed by atoms with Crippen molar-refractivity contribution in [3.63, 3.8) is 0 Å². The fourth-order valence-corrected chi connectivity index (χ4v) is 6.35. The van der Waals surface area contributed by atoms with Gasteiger partial charge in [-0.25, -0.2) is 13.4 Å². The number of benzene rings is 2. The van der Waals surface area contributed by atoms with Gasteiger partial charge in [-0.15, -0.1) is 0 Å². The summed E-state index contributed by atoms with van der Waals surface area (Å²) in [4.78, 5) is 28.6. The predicted molar refractivity (Wildman–Crippen MR) is 161 cm³/mol. The number of amides is 1. The van der Waals surface area contributed by atoms with Crippen molar-refractivity contribution in [2.45, 2.75) is 30.4 Å². The molecule has 2 aliphatic rings. The number of sulfone groups is 1. The highest BCUT2D eigenvalue weighted by atomic mass is 79.9. The zero-order chi connectivity index (χ0) is 28.4. The maximum absolute atomic E-state index is 12.9. The minimum absolute atomic E-state index is 0.114. The number of carbonyl (C=O) groups excluding carboxylic acids is 1. The van der Waals surface area contributed by atoms with Gasteiger partial charge < -0.3 is 20.4 Å². The number of para-hydroxylation sites is 1. The van der Waals surface area contributed by atoms with Crippen LogP contribution < -0.4 is 15.5 Å². The lowest BCUT2D eigenvalue weighted by atomic mass is 10.1.